The number of benzene rings is 1. The van der Waals surface area contributed by atoms with Gasteiger partial charge in [0, 0.05) is 24.0 Å². The molecule has 0 saturated carbocycles. The molecule has 4 nitrogen and oxygen atoms in total. The molecule has 5 heteroatoms. The van der Waals surface area contributed by atoms with Gasteiger partial charge in [-0.2, -0.15) is 0 Å². The number of thioether (sulfide) groups is 1. The molecule has 1 aromatic rings. The zero-order chi connectivity index (χ0) is 15.0. The summed E-state index contributed by atoms with van der Waals surface area (Å²) in [5.41, 5.74) is 0.0904. The van der Waals surface area contributed by atoms with E-state index in [0.29, 0.717) is 18.9 Å². The van der Waals surface area contributed by atoms with E-state index in [1.165, 1.54) is 0 Å². The van der Waals surface area contributed by atoms with E-state index in [-0.39, 0.29) is 11.3 Å². The van der Waals surface area contributed by atoms with Crippen LogP contribution < -0.4 is 10.6 Å². The van der Waals surface area contributed by atoms with Crippen molar-refractivity contribution in [2.24, 2.45) is 5.41 Å². The summed E-state index contributed by atoms with van der Waals surface area (Å²) in [4.78, 5) is 13.1. The van der Waals surface area contributed by atoms with Crippen molar-refractivity contribution in [2.45, 2.75) is 17.7 Å². The largest absolute Gasteiger partial charge is 0.384 e. The van der Waals surface area contributed by atoms with E-state index in [4.69, 9.17) is 4.74 Å². The molecule has 116 valence electrons. The van der Waals surface area contributed by atoms with Crippen LogP contribution in [0.25, 0.3) is 0 Å². The smallest absolute Gasteiger partial charge is 0.230 e. The highest BCUT2D eigenvalue weighted by molar-refractivity contribution is 8.00. The number of piperidine rings is 1. The first-order chi connectivity index (χ1) is 10.2. The predicted octanol–water partition coefficient (Wildman–Crippen LogP) is 1.91. The molecule has 1 fully saturated rings. The first-order valence-electron chi connectivity index (χ1n) is 7.38. The Morgan fingerprint density at radius 3 is 2.71 bits per heavy atom. The van der Waals surface area contributed by atoms with Gasteiger partial charge in [-0.1, -0.05) is 18.2 Å². The standard InChI is InChI=1S/C16H24N2O2S/c1-20-13-16(7-9-17-10-8-16)12-18-15(19)11-21-14-5-3-2-4-6-14/h2-6,17H,7-13H2,1H3,(H,18,19). The molecular formula is C16H24N2O2S. The van der Waals surface area contributed by atoms with Crippen LogP contribution >= 0.6 is 11.8 Å². The Kier molecular flexibility index (Phi) is 6.54. The fourth-order valence-electron chi connectivity index (χ4n) is 2.64. The Morgan fingerprint density at radius 2 is 2.05 bits per heavy atom. The second-order valence-corrected chi connectivity index (χ2v) is 6.61. The highest BCUT2D eigenvalue weighted by Crippen LogP contribution is 2.28. The van der Waals surface area contributed by atoms with Gasteiger partial charge in [-0.05, 0) is 38.1 Å². The molecule has 1 saturated heterocycles. The molecule has 1 heterocycles. The lowest BCUT2D eigenvalue weighted by molar-refractivity contribution is -0.119. The Bertz CT molecular complexity index is 428. The number of methoxy groups -OCH3 is 1. The average molecular weight is 308 g/mol. The van der Waals surface area contributed by atoms with Crippen LogP contribution in [0.15, 0.2) is 35.2 Å². The highest BCUT2D eigenvalue weighted by Gasteiger charge is 2.32. The molecule has 0 bridgehead atoms. The van der Waals surface area contributed by atoms with Crippen LogP contribution in [0.4, 0.5) is 0 Å². The molecule has 0 aromatic heterocycles. The van der Waals surface area contributed by atoms with E-state index in [9.17, 15) is 4.79 Å². The van der Waals surface area contributed by atoms with E-state index in [2.05, 4.69) is 10.6 Å². The SMILES string of the molecule is COCC1(CNC(=O)CSc2ccccc2)CCNCC1. The Morgan fingerprint density at radius 1 is 1.33 bits per heavy atom. The lowest BCUT2D eigenvalue weighted by Gasteiger charge is -2.37. The second kappa shape index (κ2) is 8.41. The van der Waals surface area contributed by atoms with Crippen LogP contribution in [0.1, 0.15) is 12.8 Å². The summed E-state index contributed by atoms with van der Waals surface area (Å²) in [5.74, 6) is 0.559. The van der Waals surface area contributed by atoms with Gasteiger partial charge in [0.25, 0.3) is 0 Å². The quantitative estimate of drug-likeness (QED) is 0.756. The maximum atomic E-state index is 12.0. The monoisotopic (exact) mass is 308 g/mol. The molecule has 0 unspecified atom stereocenters. The molecule has 2 N–H and O–H groups in total. The first kappa shape index (κ1) is 16.3. The van der Waals surface area contributed by atoms with E-state index in [1.807, 2.05) is 30.3 Å². The third-order valence-electron chi connectivity index (χ3n) is 3.89. The van der Waals surface area contributed by atoms with Crippen molar-refractivity contribution in [1.82, 2.24) is 10.6 Å². The molecule has 21 heavy (non-hydrogen) atoms. The second-order valence-electron chi connectivity index (χ2n) is 5.56. The van der Waals surface area contributed by atoms with Crippen molar-refractivity contribution in [3.8, 4) is 0 Å². The summed E-state index contributed by atoms with van der Waals surface area (Å²) in [6.07, 6.45) is 2.10. The number of ether oxygens (including phenoxy) is 1. The summed E-state index contributed by atoms with van der Waals surface area (Å²) in [6, 6.07) is 10.0. The maximum absolute atomic E-state index is 12.0. The minimum absolute atomic E-state index is 0.0904. The summed E-state index contributed by atoms with van der Waals surface area (Å²) in [5, 5.41) is 6.44. The summed E-state index contributed by atoms with van der Waals surface area (Å²) in [7, 11) is 1.73. The lowest BCUT2D eigenvalue weighted by Crippen LogP contribution is -2.47. The van der Waals surface area contributed by atoms with Crippen molar-refractivity contribution < 1.29 is 9.53 Å². The molecule has 0 radical (unpaired) electrons. The molecule has 1 amide bonds. The van der Waals surface area contributed by atoms with Crippen LogP contribution in [0.2, 0.25) is 0 Å². The number of hydrogen-bond donors (Lipinski definition) is 2. The van der Waals surface area contributed by atoms with Gasteiger partial charge in [0.05, 0.1) is 12.4 Å². The first-order valence-corrected chi connectivity index (χ1v) is 8.37. The van der Waals surface area contributed by atoms with E-state index >= 15 is 0 Å². The maximum Gasteiger partial charge on any atom is 0.230 e. The fourth-order valence-corrected chi connectivity index (χ4v) is 3.39. The van der Waals surface area contributed by atoms with Gasteiger partial charge in [0.2, 0.25) is 5.91 Å². The topological polar surface area (TPSA) is 50.4 Å². The van der Waals surface area contributed by atoms with Crippen molar-refractivity contribution in [2.75, 3.05) is 39.1 Å². The third kappa shape index (κ3) is 5.34. The van der Waals surface area contributed by atoms with E-state index in [0.717, 1.165) is 30.8 Å². The van der Waals surface area contributed by atoms with Crippen LogP contribution in [-0.2, 0) is 9.53 Å². The molecule has 0 atom stereocenters. The summed E-state index contributed by atoms with van der Waals surface area (Å²) < 4.78 is 5.36. The average Bonchev–Trinajstić information content (AvgIpc) is 2.53. The van der Waals surface area contributed by atoms with Crippen molar-refractivity contribution in [3.63, 3.8) is 0 Å². The van der Waals surface area contributed by atoms with Crippen molar-refractivity contribution >= 4 is 17.7 Å². The van der Waals surface area contributed by atoms with Gasteiger partial charge in [0.1, 0.15) is 0 Å². The van der Waals surface area contributed by atoms with Gasteiger partial charge < -0.3 is 15.4 Å². The van der Waals surface area contributed by atoms with Crippen LogP contribution in [-0.4, -0.2) is 45.0 Å². The van der Waals surface area contributed by atoms with Crippen molar-refractivity contribution in [3.05, 3.63) is 30.3 Å². The Labute approximate surface area is 131 Å². The lowest BCUT2D eigenvalue weighted by atomic mass is 9.79. The third-order valence-corrected chi connectivity index (χ3v) is 4.90. The number of carbonyl (C=O) groups is 1. The van der Waals surface area contributed by atoms with Crippen LogP contribution in [0, 0.1) is 5.41 Å². The molecule has 1 aliphatic heterocycles. The van der Waals surface area contributed by atoms with Gasteiger partial charge >= 0.3 is 0 Å². The minimum atomic E-state index is 0.0904. The fraction of sp³-hybridized carbons (Fsp3) is 0.562. The Balaban J connectivity index is 1.76. The van der Waals surface area contributed by atoms with Gasteiger partial charge in [-0.25, -0.2) is 0 Å². The molecule has 0 aliphatic carbocycles. The number of amides is 1. The predicted molar refractivity (Wildman–Crippen MR) is 86.6 cm³/mol. The zero-order valence-corrected chi connectivity index (χ0v) is 13.4. The van der Waals surface area contributed by atoms with Gasteiger partial charge in [0.15, 0.2) is 0 Å². The molecule has 1 aromatic carbocycles. The van der Waals surface area contributed by atoms with E-state index in [1.54, 1.807) is 18.9 Å². The zero-order valence-electron chi connectivity index (χ0n) is 12.6. The normalized spacial score (nSPS) is 17.4. The highest BCUT2D eigenvalue weighted by atomic mass is 32.2. The van der Waals surface area contributed by atoms with Gasteiger partial charge in [-0.3, -0.25) is 4.79 Å². The molecule has 1 aliphatic rings. The molecule has 2 rings (SSSR count). The van der Waals surface area contributed by atoms with Crippen LogP contribution in [0.3, 0.4) is 0 Å². The van der Waals surface area contributed by atoms with Crippen LogP contribution in [0.5, 0.6) is 0 Å². The van der Waals surface area contributed by atoms with Crippen molar-refractivity contribution in [1.29, 1.82) is 0 Å². The Hall–Kier alpha value is -1.04. The molecule has 0 spiro atoms. The number of rotatable bonds is 7. The minimum Gasteiger partial charge on any atom is -0.384 e. The number of nitrogens with one attached hydrogen (secondary N) is 2. The number of carbonyl (C=O) groups excluding carboxylic acids is 1. The summed E-state index contributed by atoms with van der Waals surface area (Å²) >= 11 is 1.57. The summed E-state index contributed by atoms with van der Waals surface area (Å²) in [6.45, 7) is 3.41. The number of hydrogen-bond acceptors (Lipinski definition) is 4. The molecular weight excluding hydrogens is 284 g/mol. The van der Waals surface area contributed by atoms with Gasteiger partial charge in [-0.15, -0.1) is 11.8 Å². The van der Waals surface area contributed by atoms with E-state index < -0.39 is 0 Å².